The van der Waals surface area contributed by atoms with Crippen LogP contribution in [0.15, 0.2) is 24.4 Å². The van der Waals surface area contributed by atoms with E-state index in [-0.39, 0.29) is 36.1 Å². The number of amides is 1. The number of ether oxygens (including phenoxy) is 1. The van der Waals surface area contributed by atoms with Crippen LogP contribution in [0.3, 0.4) is 0 Å². The lowest BCUT2D eigenvalue weighted by molar-refractivity contribution is -0.137. The molecule has 2 N–H and O–H groups in total. The highest BCUT2D eigenvalue weighted by molar-refractivity contribution is 5.76. The van der Waals surface area contributed by atoms with Gasteiger partial charge in [0.2, 0.25) is 11.9 Å². The molecule has 0 bridgehead atoms. The first-order valence-corrected chi connectivity index (χ1v) is 13.3. The van der Waals surface area contributed by atoms with Crippen LogP contribution in [0.25, 0.3) is 0 Å². The monoisotopic (exact) mass is 589 g/mol. The molecule has 41 heavy (non-hydrogen) atoms. The number of piperazine rings is 1. The van der Waals surface area contributed by atoms with Crippen molar-refractivity contribution in [1.82, 2.24) is 19.8 Å². The molecule has 2 fully saturated rings. The number of nitrogens with one attached hydrogen (secondary N) is 2. The number of nitrogens with zero attached hydrogens (tertiary/aromatic N) is 5. The predicted octanol–water partition coefficient (Wildman–Crippen LogP) is 4.15. The molecular weight excluding hydrogens is 556 g/mol. The molecule has 15 heteroatoms. The summed E-state index contributed by atoms with van der Waals surface area (Å²) in [7, 11) is 1.97. The Kier molecular flexibility index (Phi) is 9.79. The van der Waals surface area contributed by atoms with E-state index in [9.17, 15) is 31.1 Å². The molecule has 226 valence electrons. The zero-order valence-electron chi connectivity index (χ0n) is 22.6. The van der Waals surface area contributed by atoms with Gasteiger partial charge in [0.25, 0.3) is 0 Å². The molecule has 1 aromatic carbocycles. The standard InChI is InChI=1S/C26H33F6N7O2/c1-37-8-10-38(11-9-37)19-3-4-21(18(15-19)16-25(27,28)29)35-24-34-17-20(26(30,31)32)23(36-24)33-6-2-7-39-12-14-41-13-5-22(39)40/h3-4,15,17H,2,5-14,16H2,1H3,(H2,33,34,35,36). The van der Waals surface area contributed by atoms with E-state index < -0.39 is 30.2 Å². The van der Waals surface area contributed by atoms with Crippen LogP contribution >= 0.6 is 0 Å². The summed E-state index contributed by atoms with van der Waals surface area (Å²) in [6.45, 7) is 4.39. The molecule has 1 aromatic heterocycles. The predicted molar refractivity (Wildman–Crippen MR) is 141 cm³/mol. The molecule has 2 aliphatic rings. The smallest absolute Gasteiger partial charge is 0.379 e. The van der Waals surface area contributed by atoms with Gasteiger partial charge in [0.15, 0.2) is 0 Å². The zero-order chi connectivity index (χ0) is 29.6. The summed E-state index contributed by atoms with van der Waals surface area (Å²) in [5.74, 6) is -0.872. The number of aromatic nitrogens is 2. The van der Waals surface area contributed by atoms with E-state index in [1.807, 2.05) is 11.9 Å². The molecule has 2 saturated heterocycles. The van der Waals surface area contributed by atoms with Crippen LogP contribution in [0.5, 0.6) is 0 Å². The van der Waals surface area contributed by atoms with Crippen molar-refractivity contribution in [3.63, 3.8) is 0 Å². The number of anilines is 4. The van der Waals surface area contributed by atoms with Crippen LogP contribution in [0.4, 0.5) is 49.5 Å². The molecule has 0 atom stereocenters. The van der Waals surface area contributed by atoms with Gasteiger partial charge in [-0.25, -0.2) is 4.98 Å². The molecule has 0 aliphatic carbocycles. The molecule has 2 aromatic rings. The van der Waals surface area contributed by atoms with E-state index in [0.717, 1.165) is 13.1 Å². The van der Waals surface area contributed by atoms with Crippen molar-refractivity contribution in [2.45, 2.75) is 31.6 Å². The maximum Gasteiger partial charge on any atom is 0.421 e. The van der Waals surface area contributed by atoms with Crippen molar-refractivity contribution in [2.24, 2.45) is 0 Å². The molecule has 3 heterocycles. The van der Waals surface area contributed by atoms with Crippen molar-refractivity contribution in [3.05, 3.63) is 35.5 Å². The zero-order valence-corrected chi connectivity index (χ0v) is 22.6. The molecule has 0 saturated carbocycles. The van der Waals surface area contributed by atoms with Crippen LogP contribution < -0.4 is 15.5 Å². The number of likely N-dealkylation sites (N-methyl/N-ethyl adjacent to an activating group) is 1. The molecule has 0 radical (unpaired) electrons. The lowest BCUT2D eigenvalue weighted by Crippen LogP contribution is -2.44. The normalized spacial score (nSPS) is 17.5. The van der Waals surface area contributed by atoms with Crippen LogP contribution in [0, 0.1) is 0 Å². The van der Waals surface area contributed by atoms with E-state index in [1.165, 1.54) is 12.1 Å². The van der Waals surface area contributed by atoms with Gasteiger partial charge in [-0.2, -0.15) is 31.3 Å². The molecule has 9 nitrogen and oxygen atoms in total. The number of benzene rings is 1. The lowest BCUT2D eigenvalue weighted by atomic mass is 10.1. The Balaban J connectivity index is 1.50. The highest BCUT2D eigenvalue weighted by atomic mass is 19.4. The third kappa shape index (κ3) is 8.83. The quantitative estimate of drug-likeness (QED) is 0.334. The van der Waals surface area contributed by atoms with Gasteiger partial charge in [-0.1, -0.05) is 0 Å². The number of halogens is 6. The van der Waals surface area contributed by atoms with Gasteiger partial charge < -0.3 is 30.1 Å². The Labute approximate surface area is 233 Å². The number of rotatable bonds is 9. The Bertz CT molecular complexity index is 1190. The van der Waals surface area contributed by atoms with E-state index in [0.29, 0.717) is 57.7 Å². The summed E-state index contributed by atoms with van der Waals surface area (Å²) in [5.41, 5.74) is -0.498. The Morgan fingerprint density at radius 2 is 1.78 bits per heavy atom. The summed E-state index contributed by atoms with van der Waals surface area (Å²) in [6, 6.07) is 4.58. The Morgan fingerprint density at radius 1 is 1.02 bits per heavy atom. The molecule has 1 amide bonds. The molecule has 4 rings (SSSR count). The van der Waals surface area contributed by atoms with Gasteiger partial charge in [-0.05, 0) is 37.2 Å². The minimum absolute atomic E-state index is 0.0489. The van der Waals surface area contributed by atoms with Crippen LogP contribution in [-0.4, -0.2) is 97.9 Å². The highest BCUT2D eigenvalue weighted by Crippen LogP contribution is 2.35. The van der Waals surface area contributed by atoms with E-state index in [1.54, 1.807) is 11.0 Å². The van der Waals surface area contributed by atoms with Crippen molar-refractivity contribution in [2.75, 3.05) is 81.6 Å². The maximum absolute atomic E-state index is 13.7. The summed E-state index contributed by atoms with van der Waals surface area (Å²) < 4.78 is 86.6. The second-order valence-corrected chi connectivity index (χ2v) is 10.0. The van der Waals surface area contributed by atoms with Gasteiger partial charge in [-0.15, -0.1) is 0 Å². The van der Waals surface area contributed by atoms with Crippen molar-refractivity contribution in [1.29, 1.82) is 0 Å². The Hall–Kier alpha value is -3.33. The second-order valence-electron chi connectivity index (χ2n) is 10.0. The fourth-order valence-electron chi connectivity index (χ4n) is 4.66. The molecule has 0 spiro atoms. The average molecular weight is 590 g/mol. The van der Waals surface area contributed by atoms with E-state index in [4.69, 9.17) is 4.74 Å². The van der Waals surface area contributed by atoms with E-state index in [2.05, 4.69) is 25.5 Å². The third-order valence-corrected chi connectivity index (χ3v) is 6.90. The van der Waals surface area contributed by atoms with Crippen molar-refractivity contribution in [3.8, 4) is 0 Å². The Morgan fingerprint density at radius 3 is 2.49 bits per heavy atom. The summed E-state index contributed by atoms with van der Waals surface area (Å²) in [4.78, 5) is 25.5. The van der Waals surface area contributed by atoms with E-state index >= 15 is 0 Å². The van der Waals surface area contributed by atoms with Crippen molar-refractivity contribution < 1.29 is 35.9 Å². The number of alkyl halides is 6. The SMILES string of the molecule is CN1CCN(c2ccc(Nc3ncc(C(F)(F)F)c(NCCCN4CCOCCC4=O)n3)c(CC(F)(F)F)c2)CC1. The molecular formula is C26H33F6N7O2. The van der Waals surface area contributed by atoms with Gasteiger partial charge in [-0.3, -0.25) is 4.79 Å². The topological polar surface area (TPSA) is 85.9 Å². The fourth-order valence-corrected chi connectivity index (χ4v) is 4.66. The van der Waals surface area contributed by atoms with Gasteiger partial charge >= 0.3 is 12.4 Å². The third-order valence-electron chi connectivity index (χ3n) is 6.90. The maximum atomic E-state index is 13.7. The first-order chi connectivity index (χ1) is 19.4. The van der Waals surface area contributed by atoms with Gasteiger partial charge in [0, 0.05) is 63.4 Å². The molecule has 2 aliphatic heterocycles. The number of hydrogen-bond acceptors (Lipinski definition) is 8. The summed E-state index contributed by atoms with van der Waals surface area (Å²) in [5, 5.41) is 5.34. The average Bonchev–Trinajstić information content (AvgIpc) is 3.10. The fraction of sp³-hybridized carbons (Fsp3) is 0.577. The largest absolute Gasteiger partial charge is 0.421 e. The van der Waals surface area contributed by atoms with Gasteiger partial charge in [0.05, 0.1) is 26.1 Å². The summed E-state index contributed by atoms with van der Waals surface area (Å²) >= 11 is 0. The minimum atomic E-state index is -4.76. The second kappa shape index (κ2) is 13.1. The number of carbonyl (C=O) groups is 1. The van der Waals surface area contributed by atoms with Crippen molar-refractivity contribution >= 4 is 29.0 Å². The number of hydrogen-bond donors (Lipinski definition) is 2. The van der Waals surface area contributed by atoms with Crippen LogP contribution in [0.1, 0.15) is 24.0 Å². The highest BCUT2D eigenvalue weighted by Gasteiger charge is 2.35. The van der Waals surface area contributed by atoms with Gasteiger partial charge in [0.1, 0.15) is 11.4 Å². The summed E-state index contributed by atoms with van der Waals surface area (Å²) in [6.07, 6.45) is -9.31. The lowest BCUT2D eigenvalue weighted by Gasteiger charge is -2.34. The number of carbonyl (C=O) groups excluding carboxylic acids is 1. The van der Waals surface area contributed by atoms with Crippen LogP contribution in [0.2, 0.25) is 0 Å². The van der Waals surface area contributed by atoms with Crippen LogP contribution in [-0.2, 0) is 22.1 Å². The minimum Gasteiger partial charge on any atom is -0.379 e. The first-order valence-electron chi connectivity index (χ1n) is 13.3. The first kappa shape index (κ1) is 30.6. The molecule has 0 unspecified atom stereocenters.